The molecule has 26 heavy (non-hydrogen) atoms. The summed E-state index contributed by atoms with van der Waals surface area (Å²) >= 11 is 0. The second kappa shape index (κ2) is 5.57. The quantitative estimate of drug-likeness (QED) is 0.446. The first-order chi connectivity index (χ1) is 12.7. The highest BCUT2D eigenvalue weighted by Crippen LogP contribution is 2.49. The number of fused-ring (bicyclic) bond motifs is 3. The van der Waals surface area contributed by atoms with Crippen LogP contribution in [0.4, 0.5) is 0 Å². The van der Waals surface area contributed by atoms with Gasteiger partial charge in [-0.1, -0.05) is 92.7 Å². The molecule has 126 valence electrons. The normalized spacial score (nSPS) is 17.3. The summed E-state index contributed by atoms with van der Waals surface area (Å²) in [6, 6.07) is 22.3. The third kappa shape index (κ3) is 2.15. The molecule has 0 heteroatoms. The zero-order valence-corrected chi connectivity index (χ0v) is 15.3. The van der Waals surface area contributed by atoms with E-state index < -0.39 is 0 Å². The molecule has 0 heterocycles. The summed E-state index contributed by atoms with van der Waals surface area (Å²) in [4.78, 5) is 0. The first kappa shape index (κ1) is 15.4. The Morgan fingerprint density at radius 3 is 2.58 bits per heavy atom. The standard InChI is InChI=1S/C26H22/c1-26(2)24-14-5-3-4-12-22(24)23-17-19(15-16-25(23)26)21-13-8-10-18-9-6-7-11-20(18)21/h3-11,13-17H,12H2,1-2H3. The molecule has 0 N–H and O–H groups in total. The Bertz CT molecular complexity index is 1110. The van der Waals surface area contributed by atoms with Crippen LogP contribution >= 0.6 is 0 Å². The summed E-state index contributed by atoms with van der Waals surface area (Å²) in [7, 11) is 0. The Labute approximate surface area is 155 Å². The number of benzene rings is 3. The molecule has 0 unspecified atom stereocenters. The van der Waals surface area contributed by atoms with Crippen LogP contribution in [-0.4, -0.2) is 0 Å². The van der Waals surface area contributed by atoms with Crippen molar-refractivity contribution in [3.05, 3.63) is 102 Å². The maximum atomic E-state index is 2.41. The van der Waals surface area contributed by atoms with E-state index in [-0.39, 0.29) is 5.41 Å². The minimum absolute atomic E-state index is 0.0739. The highest BCUT2D eigenvalue weighted by Gasteiger charge is 2.36. The molecule has 5 rings (SSSR count). The van der Waals surface area contributed by atoms with Gasteiger partial charge in [0.1, 0.15) is 0 Å². The molecule has 0 nitrogen and oxygen atoms in total. The largest absolute Gasteiger partial charge is 0.0801 e. The summed E-state index contributed by atoms with van der Waals surface area (Å²) in [5, 5.41) is 2.62. The molecule has 0 radical (unpaired) electrons. The smallest absolute Gasteiger partial charge is 0.0155 e. The second-order valence-electron chi connectivity index (χ2n) is 7.80. The van der Waals surface area contributed by atoms with Crippen molar-refractivity contribution in [3.63, 3.8) is 0 Å². The van der Waals surface area contributed by atoms with Gasteiger partial charge in [0.25, 0.3) is 0 Å². The van der Waals surface area contributed by atoms with Crippen molar-refractivity contribution in [2.45, 2.75) is 25.7 Å². The molecule has 2 aliphatic carbocycles. The molecular formula is C26H22. The molecule has 0 fully saturated rings. The van der Waals surface area contributed by atoms with Gasteiger partial charge in [0.2, 0.25) is 0 Å². The lowest BCUT2D eigenvalue weighted by atomic mass is 9.80. The van der Waals surface area contributed by atoms with Crippen molar-refractivity contribution >= 4 is 16.3 Å². The highest BCUT2D eigenvalue weighted by atomic mass is 14.4. The van der Waals surface area contributed by atoms with Gasteiger partial charge in [0.15, 0.2) is 0 Å². The molecule has 0 aromatic heterocycles. The van der Waals surface area contributed by atoms with Crippen molar-refractivity contribution in [3.8, 4) is 11.1 Å². The Hall–Kier alpha value is -2.86. The molecule has 0 atom stereocenters. The Balaban J connectivity index is 1.74. The summed E-state index contributed by atoms with van der Waals surface area (Å²) in [5.74, 6) is 0. The van der Waals surface area contributed by atoms with E-state index in [9.17, 15) is 0 Å². The van der Waals surface area contributed by atoms with E-state index in [2.05, 4.69) is 98.8 Å². The van der Waals surface area contributed by atoms with Crippen LogP contribution in [0.3, 0.4) is 0 Å². The molecule has 3 aromatic carbocycles. The van der Waals surface area contributed by atoms with Crippen LogP contribution in [0.15, 0.2) is 90.5 Å². The minimum atomic E-state index is 0.0739. The first-order valence-corrected chi connectivity index (χ1v) is 9.36. The van der Waals surface area contributed by atoms with Crippen LogP contribution in [-0.2, 0) is 5.41 Å². The van der Waals surface area contributed by atoms with Gasteiger partial charge in [-0.05, 0) is 56.7 Å². The van der Waals surface area contributed by atoms with Crippen molar-refractivity contribution in [2.75, 3.05) is 0 Å². The fourth-order valence-electron chi connectivity index (χ4n) is 4.60. The lowest BCUT2D eigenvalue weighted by Gasteiger charge is -2.23. The van der Waals surface area contributed by atoms with Crippen molar-refractivity contribution in [2.24, 2.45) is 0 Å². The topological polar surface area (TPSA) is 0 Å². The SMILES string of the molecule is CC1(C)C2=C(CC=CC=C2)c2cc(-c3cccc4ccccc34)ccc21. The molecule has 0 spiro atoms. The predicted octanol–water partition coefficient (Wildman–Crippen LogP) is 7.07. The van der Waals surface area contributed by atoms with E-state index in [4.69, 9.17) is 0 Å². The molecule has 0 saturated heterocycles. The van der Waals surface area contributed by atoms with Gasteiger partial charge in [-0.15, -0.1) is 0 Å². The zero-order chi connectivity index (χ0) is 17.7. The third-order valence-corrected chi connectivity index (χ3v) is 5.95. The molecule has 0 bridgehead atoms. The van der Waals surface area contributed by atoms with Crippen LogP contribution in [0, 0.1) is 0 Å². The number of hydrogen-bond acceptors (Lipinski definition) is 0. The van der Waals surface area contributed by atoms with Gasteiger partial charge >= 0.3 is 0 Å². The van der Waals surface area contributed by atoms with E-state index >= 15 is 0 Å². The van der Waals surface area contributed by atoms with Crippen LogP contribution in [0.1, 0.15) is 31.4 Å². The lowest BCUT2D eigenvalue weighted by molar-refractivity contribution is 0.654. The molecule has 0 amide bonds. The van der Waals surface area contributed by atoms with E-state index in [0.29, 0.717) is 0 Å². The van der Waals surface area contributed by atoms with Gasteiger partial charge in [-0.3, -0.25) is 0 Å². The average Bonchev–Trinajstić information content (AvgIpc) is 2.84. The van der Waals surface area contributed by atoms with E-state index in [1.165, 1.54) is 44.2 Å². The Morgan fingerprint density at radius 2 is 1.65 bits per heavy atom. The fourth-order valence-corrected chi connectivity index (χ4v) is 4.60. The van der Waals surface area contributed by atoms with Gasteiger partial charge in [0, 0.05) is 5.41 Å². The Kier molecular flexibility index (Phi) is 3.30. The molecule has 0 saturated carbocycles. The van der Waals surface area contributed by atoms with Gasteiger partial charge in [-0.25, -0.2) is 0 Å². The van der Waals surface area contributed by atoms with Crippen LogP contribution in [0.25, 0.3) is 27.5 Å². The molecule has 2 aliphatic rings. The van der Waals surface area contributed by atoms with Gasteiger partial charge in [-0.2, -0.15) is 0 Å². The maximum absolute atomic E-state index is 2.41. The fraction of sp³-hybridized carbons (Fsp3) is 0.154. The van der Waals surface area contributed by atoms with Crippen molar-refractivity contribution in [1.29, 1.82) is 0 Å². The summed E-state index contributed by atoms with van der Waals surface area (Å²) in [6.07, 6.45) is 9.94. The number of rotatable bonds is 1. The van der Waals surface area contributed by atoms with Gasteiger partial charge < -0.3 is 0 Å². The third-order valence-electron chi connectivity index (χ3n) is 5.95. The van der Waals surface area contributed by atoms with Crippen LogP contribution in [0.2, 0.25) is 0 Å². The van der Waals surface area contributed by atoms with Crippen LogP contribution < -0.4 is 0 Å². The summed E-state index contributed by atoms with van der Waals surface area (Å²) in [5.41, 5.74) is 8.52. The average molecular weight is 334 g/mol. The van der Waals surface area contributed by atoms with Crippen LogP contribution in [0.5, 0.6) is 0 Å². The Morgan fingerprint density at radius 1 is 0.808 bits per heavy atom. The van der Waals surface area contributed by atoms with E-state index in [0.717, 1.165) is 6.42 Å². The van der Waals surface area contributed by atoms with E-state index in [1.807, 2.05) is 0 Å². The summed E-state index contributed by atoms with van der Waals surface area (Å²) in [6.45, 7) is 4.70. The van der Waals surface area contributed by atoms with Gasteiger partial charge in [0.05, 0.1) is 0 Å². The predicted molar refractivity (Wildman–Crippen MR) is 112 cm³/mol. The summed E-state index contributed by atoms with van der Waals surface area (Å²) < 4.78 is 0. The first-order valence-electron chi connectivity index (χ1n) is 9.36. The monoisotopic (exact) mass is 334 g/mol. The molecule has 0 aliphatic heterocycles. The van der Waals surface area contributed by atoms with Crippen molar-refractivity contribution in [1.82, 2.24) is 0 Å². The molecular weight excluding hydrogens is 312 g/mol. The molecule has 3 aromatic rings. The minimum Gasteiger partial charge on any atom is -0.0801 e. The maximum Gasteiger partial charge on any atom is 0.0155 e. The zero-order valence-electron chi connectivity index (χ0n) is 15.3. The number of allylic oxidation sites excluding steroid dienone is 6. The highest BCUT2D eigenvalue weighted by molar-refractivity contribution is 5.97. The van der Waals surface area contributed by atoms with Crippen molar-refractivity contribution < 1.29 is 0 Å². The second-order valence-corrected chi connectivity index (χ2v) is 7.80. The van der Waals surface area contributed by atoms with E-state index in [1.54, 1.807) is 0 Å². The number of hydrogen-bond donors (Lipinski definition) is 0. The lowest BCUT2D eigenvalue weighted by Crippen LogP contribution is -2.16.